The smallest absolute Gasteiger partial charge is 0.253 e. The minimum absolute atomic E-state index is 0.0873. The van der Waals surface area contributed by atoms with Crippen LogP contribution < -0.4 is 0 Å². The molecule has 0 radical (unpaired) electrons. The Kier molecular flexibility index (Phi) is 4.97. The Morgan fingerprint density at radius 1 is 1.29 bits per heavy atom. The molecule has 0 N–H and O–H groups in total. The van der Waals surface area contributed by atoms with Crippen LogP contribution in [0.25, 0.3) is 0 Å². The lowest BCUT2D eigenvalue weighted by Gasteiger charge is -2.49. The lowest BCUT2D eigenvalue weighted by molar-refractivity contribution is 0.0209. The van der Waals surface area contributed by atoms with Crippen molar-refractivity contribution in [3.05, 3.63) is 65.5 Å². The fraction of sp³-hybridized carbons (Fsp3) is 0.429. The van der Waals surface area contributed by atoms with Crippen LogP contribution in [0.5, 0.6) is 0 Å². The number of sulfone groups is 1. The van der Waals surface area contributed by atoms with Crippen molar-refractivity contribution < 1.29 is 17.9 Å². The lowest BCUT2D eigenvalue weighted by Crippen LogP contribution is -2.68. The van der Waals surface area contributed by atoms with E-state index < -0.39 is 14.6 Å². The van der Waals surface area contributed by atoms with Gasteiger partial charge in [0.15, 0.2) is 9.84 Å². The van der Waals surface area contributed by atoms with E-state index in [2.05, 4.69) is 4.98 Å². The molecule has 1 amide bonds. The Bertz CT molecular complexity index is 969. The number of pyridine rings is 1. The fourth-order valence-corrected chi connectivity index (χ4v) is 6.61. The topological polar surface area (TPSA) is 76.6 Å². The molecule has 4 rings (SSSR count). The van der Waals surface area contributed by atoms with E-state index in [1.165, 1.54) is 0 Å². The van der Waals surface area contributed by atoms with E-state index in [0.717, 1.165) is 11.1 Å². The molecule has 6 nitrogen and oxygen atoms in total. The van der Waals surface area contributed by atoms with Gasteiger partial charge in [-0.1, -0.05) is 23.8 Å². The highest BCUT2D eigenvalue weighted by Crippen LogP contribution is 2.45. The number of carbonyl (C=O) groups excluding carboxylic acids is 1. The summed E-state index contributed by atoms with van der Waals surface area (Å²) in [6.45, 7) is 3.23. The molecule has 3 heterocycles. The number of benzene rings is 1. The molecule has 0 saturated carbocycles. The first-order valence-corrected chi connectivity index (χ1v) is 11.1. The highest BCUT2D eigenvalue weighted by Gasteiger charge is 2.62. The van der Waals surface area contributed by atoms with Crippen LogP contribution in [0.2, 0.25) is 0 Å². The van der Waals surface area contributed by atoms with Crippen LogP contribution in [-0.2, 0) is 21.2 Å². The minimum Gasteiger partial charge on any atom is -0.376 e. The van der Waals surface area contributed by atoms with Gasteiger partial charge in [0.05, 0.1) is 19.0 Å². The molecule has 0 bridgehead atoms. The SMILES string of the molecule is Cc1cccc(C(=O)N2CC3(C2)[C@@H](COCc2cccnc2)CCS3(=O)=O)c1. The normalized spacial score (nSPS) is 22.2. The van der Waals surface area contributed by atoms with Crippen molar-refractivity contribution >= 4 is 15.7 Å². The standard InChI is InChI=1S/C21H24N2O4S/c1-16-4-2-6-18(10-16)20(24)23-14-21(15-23)19(7-9-28(21,25)26)13-27-12-17-5-3-8-22-11-17/h2-6,8,10-11,19H,7,9,12-15H2,1H3/t19-/m1/s1. The van der Waals surface area contributed by atoms with Crippen molar-refractivity contribution in [2.24, 2.45) is 5.92 Å². The molecule has 0 unspecified atom stereocenters. The average Bonchev–Trinajstić information content (AvgIpc) is 2.91. The first-order chi connectivity index (χ1) is 13.4. The monoisotopic (exact) mass is 400 g/mol. The van der Waals surface area contributed by atoms with Gasteiger partial charge in [-0.3, -0.25) is 9.78 Å². The van der Waals surface area contributed by atoms with Crippen LogP contribution in [-0.4, -0.2) is 54.4 Å². The van der Waals surface area contributed by atoms with Gasteiger partial charge in [-0.15, -0.1) is 0 Å². The van der Waals surface area contributed by atoms with Gasteiger partial charge in [-0.05, 0) is 37.1 Å². The zero-order valence-electron chi connectivity index (χ0n) is 15.9. The molecular formula is C21H24N2O4S. The number of nitrogens with zero attached hydrogens (tertiary/aromatic N) is 2. The van der Waals surface area contributed by atoms with E-state index >= 15 is 0 Å². The molecule has 1 aromatic heterocycles. The second-order valence-corrected chi connectivity index (χ2v) is 10.2. The Labute approximate surface area is 165 Å². The first kappa shape index (κ1) is 19.1. The van der Waals surface area contributed by atoms with Gasteiger partial charge in [-0.2, -0.15) is 0 Å². The zero-order chi connectivity index (χ0) is 19.8. The third kappa shape index (κ3) is 3.33. The molecule has 2 aliphatic heterocycles. The van der Waals surface area contributed by atoms with Crippen molar-refractivity contribution in [3.8, 4) is 0 Å². The first-order valence-electron chi connectivity index (χ1n) is 9.46. The summed E-state index contributed by atoms with van der Waals surface area (Å²) >= 11 is 0. The summed E-state index contributed by atoms with van der Waals surface area (Å²) in [6.07, 6.45) is 4.03. The van der Waals surface area contributed by atoms with Gasteiger partial charge in [0.2, 0.25) is 0 Å². The van der Waals surface area contributed by atoms with Crippen LogP contribution in [0.3, 0.4) is 0 Å². The van der Waals surface area contributed by atoms with E-state index in [1.54, 1.807) is 23.4 Å². The van der Waals surface area contributed by atoms with Crippen molar-refractivity contribution in [1.29, 1.82) is 0 Å². The van der Waals surface area contributed by atoms with E-state index in [-0.39, 0.29) is 30.7 Å². The molecule has 1 atom stereocenters. The molecule has 1 aromatic carbocycles. The van der Waals surface area contributed by atoms with Crippen molar-refractivity contribution in [2.45, 2.75) is 24.7 Å². The number of likely N-dealkylation sites (tertiary alicyclic amines) is 1. The number of aryl methyl sites for hydroxylation is 1. The molecule has 2 aliphatic rings. The average molecular weight is 401 g/mol. The number of hydrogen-bond acceptors (Lipinski definition) is 5. The summed E-state index contributed by atoms with van der Waals surface area (Å²) in [4.78, 5) is 18.4. The van der Waals surface area contributed by atoms with Gasteiger partial charge in [0.1, 0.15) is 4.75 Å². The molecule has 2 fully saturated rings. The summed E-state index contributed by atoms with van der Waals surface area (Å²) in [5.41, 5.74) is 2.58. The second-order valence-electron chi connectivity index (χ2n) is 7.78. The van der Waals surface area contributed by atoms with Gasteiger partial charge in [-0.25, -0.2) is 8.42 Å². The number of amides is 1. The summed E-state index contributed by atoms with van der Waals surface area (Å²) < 4.78 is 30.5. The van der Waals surface area contributed by atoms with E-state index in [0.29, 0.717) is 25.2 Å². The second kappa shape index (κ2) is 7.29. The molecule has 2 saturated heterocycles. The van der Waals surface area contributed by atoms with Crippen molar-refractivity contribution in [1.82, 2.24) is 9.88 Å². The largest absolute Gasteiger partial charge is 0.376 e. The Hall–Kier alpha value is -2.25. The van der Waals surface area contributed by atoms with E-state index in [4.69, 9.17) is 4.74 Å². The number of rotatable bonds is 5. The highest BCUT2D eigenvalue weighted by molar-refractivity contribution is 7.93. The summed E-state index contributed by atoms with van der Waals surface area (Å²) in [7, 11) is -3.24. The maximum Gasteiger partial charge on any atom is 0.253 e. The molecule has 148 valence electrons. The van der Waals surface area contributed by atoms with Gasteiger partial charge < -0.3 is 9.64 Å². The van der Waals surface area contributed by atoms with Crippen LogP contribution in [0, 0.1) is 12.8 Å². The molecular weight excluding hydrogens is 376 g/mol. The maximum atomic E-state index is 12.8. The zero-order valence-corrected chi connectivity index (χ0v) is 16.7. The van der Waals surface area contributed by atoms with Crippen LogP contribution in [0.15, 0.2) is 48.8 Å². The van der Waals surface area contributed by atoms with Crippen LogP contribution in [0.4, 0.5) is 0 Å². The number of ether oxygens (including phenoxy) is 1. The Morgan fingerprint density at radius 2 is 2.11 bits per heavy atom. The number of aromatic nitrogens is 1. The van der Waals surface area contributed by atoms with Crippen molar-refractivity contribution in [2.75, 3.05) is 25.4 Å². The summed E-state index contributed by atoms with van der Waals surface area (Å²) in [6, 6.07) is 11.2. The fourth-order valence-electron chi connectivity index (χ4n) is 4.21. The maximum absolute atomic E-state index is 12.8. The third-order valence-corrected chi connectivity index (χ3v) is 8.48. The minimum atomic E-state index is -3.24. The van der Waals surface area contributed by atoms with Crippen molar-refractivity contribution in [3.63, 3.8) is 0 Å². The predicted octanol–water partition coefficient (Wildman–Crippen LogP) is 2.24. The lowest BCUT2D eigenvalue weighted by atomic mass is 9.83. The Balaban J connectivity index is 1.42. The molecule has 28 heavy (non-hydrogen) atoms. The van der Waals surface area contributed by atoms with E-state index in [9.17, 15) is 13.2 Å². The summed E-state index contributed by atoms with van der Waals surface area (Å²) in [5.74, 6) is -0.0254. The van der Waals surface area contributed by atoms with Gasteiger partial charge in [0, 0.05) is 37.0 Å². The highest BCUT2D eigenvalue weighted by atomic mass is 32.2. The van der Waals surface area contributed by atoms with Crippen LogP contribution in [0.1, 0.15) is 27.9 Å². The predicted molar refractivity (Wildman–Crippen MR) is 106 cm³/mol. The molecule has 2 aromatic rings. The van der Waals surface area contributed by atoms with Gasteiger partial charge in [0.25, 0.3) is 5.91 Å². The quantitative estimate of drug-likeness (QED) is 0.769. The number of hydrogen-bond donors (Lipinski definition) is 0. The number of carbonyl (C=O) groups is 1. The molecule has 1 spiro atoms. The van der Waals surface area contributed by atoms with Crippen LogP contribution >= 0.6 is 0 Å². The molecule has 0 aliphatic carbocycles. The summed E-state index contributed by atoms with van der Waals surface area (Å²) in [5, 5.41) is 0. The van der Waals surface area contributed by atoms with E-state index in [1.807, 2.05) is 37.3 Å². The third-order valence-electron chi connectivity index (χ3n) is 5.88. The molecule has 7 heteroatoms. The Morgan fingerprint density at radius 3 is 2.82 bits per heavy atom. The van der Waals surface area contributed by atoms with Gasteiger partial charge >= 0.3 is 0 Å².